The van der Waals surface area contributed by atoms with Crippen LogP contribution in [0.2, 0.25) is 0 Å². The van der Waals surface area contributed by atoms with Crippen molar-refractivity contribution in [2.75, 3.05) is 7.11 Å². The Bertz CT molecular complexity index is 1040. The van der Waals surface area contributed by atoms with Crippen LogP contribution in [0.3, 0.4) is 0 Å². The Balaban J connectivity index is 1.53. The van der Waals surface area contributed by atoms with Crippen LogP contribution in [0.1, 0.15) is 35.3 Å². The van der Waals surface area contributed by atoms with Gasteiger partial charge in [0.2, 0.25) is 0 Å². The van der Waals surface area contributed by atoms with Gasteiger partial charge in [0, 0.05) is 11.8 Å². The molecule has 0 bridgehead atoms. The zero-order valence-electron chi connectivity index (χ0n) is 17.6. The lowest BCUT2D eigenvalue weighted by Gasteiger charge is -2.21. The monoisotopic (exact) mass is 424 g/mol. The molecule has 0 aliphatic heterocycles. The first kappa shape index (κ1) is 21.9. The van der Waals surface area contributed by atoms with E-state index in [4.69, 9.17) is 19.3 Å². The minimum Gasteiger partial charge on any atom is -0.497 e. The van der Waals surface area contributed by atoms with Gasteiger partial charge in [0.25, 0.3) is 0 Å². The van der Waals surface area contributed by atoms with Gasteiger partial charge in [-0.05, 0) is 55.8 Å². The third kappa shape index (κ3) is 5.85. The van der Waals surface area contributed by atoms with Gasteiger partial charge in [-0.3, -0.25) is 4.68 Å². The predicted octanol–water partition coefficient (Wildman–Crippen LogP) is 3.54. The fraction of sp³-hybridized carbons (Fsp3) is 0.261. The molecule has 31 heavy (non-hydrogen) atoms. The van der Waals surface area contributed by atoms with Crippen molar-refractivity contribution in [3.8, 4) is 11.5 Å². The number of hydrogen-bond acceptors (Lipinski definition) is 6. The van der Waals surface area contributed by atoms with Crippen molar-refractivity contribution in [1.82, 2.24) is 9.78 Å². The Labute approximate surface area is 180 Å². The van der Waals surface area contributed by atoms with E-state index in [-0.39, 0.29) is 6.61 Å². The standard InChI is InChI=1S/C23H24N2O6/c1-23(2,22(27)28)31-20-10-6-18(7-11-20)21(26)30-15-17-12-24-25(14-17)13-16-4-8-19(29-3)9-5-16/h4-12,14H,13,15H2,1-3H3,(H,27,28). The highest BCUT2D eigenvalue weighted by atomic mass is 16.5. The number of carboxylic acid groups (broad SMARTS) is 1. The molecule has 1 heterocycles. The second-order valence-corrected chi connectivity index (χ2v) is 7.41. The highest BCUT2D eigenvalue weighted by Crippen LogP contribution is 2.20. The lowest BCUT2D eigenvalue weighted by Crippen LogP contribution is -2.37. The number of hydrogen-bond donors (Lipinski definition) is 1. The molecule has 0 saturated carbocycles. The molecular weight excluding hydrogens is 400 g/mol. The first-order valence-corrected chi connectivity index (χ1v) is 9.61. The van der Waals surface area contributed by atoms with Crippen molar-refractivity contribution < 1.29 is 28.9 Å². The first-order chi connectivity index (χ1) is 14.8. The number of carbonyl (C=O) groups excluding carboxylic acids is 1. The summed E-state index contributed by atoms with van der Waals surface area (Å²) in [7, 11) is 1.62. The molecule has 0 atom stereocenters. The SMILES string of the molecule is COc1ccc(Cn2cc(COC(=O)c3ccc(OC(C)(C)C(=O)O)cc3)cn2)cc1. The highest BCUT2D eigenvalue weighted by molar-refractivity contribution is 5.89. The molecule has 8 heteroatoms. The van der Waals surface area contributed by atoms with Crippen LogP contribution in [0.15, 0.2) is 60.9 Å². The minimum absolute atomic E-state index is 0.0890. The fourth-order valence-electron chi connectivity index (χ4n) is 2.71. The van der Waals surface area contributed by atoms with Crippen molar-refractivity contribution in [1.29, 1.82) is 0 Å². The summed E-state index contributed by atoms with van der Waals surface area (Å²) < 4.78 is 17.7. The summed E-state index contributed by atoms with van der Waals surface area (Å²) in [4.78, 5) is 23.4. The van der Waals surface area contributed by atoms with Gasteiger partial charge in [0.05, 0.1) is 25.4 Å². The Morgan fingerprint density at radius 3 is 2.26 bits per heavy atom. The highest BCUT2D eigenvalue weighted by Gasteiger charge is 2.29. The van der Waals surface area contributed by atoms with E-state index in [1.807, 2.05) is 30.5 Å². The summed E-state index contributed by atoms with van der Waals surface area (Å²) in [6.07, 6.45) is 3.48. The van der Waals surface area contributed by atoms with Crippen molar-refractivity contribution >= 4 is 11.9 Å². The summed E-state index contributed by atoms with van der Waals surface area (Å²) in [5.41, 5.74) is 0.811. The normalized spacial score (nSPS) is 11.1. The number of carboxylic acids is 1. The molecule has 0 amide bonds. The number of nitrogens with zero attached hydrogens (tertiary/aromatic N) is 2. The van der Waals surface area contributed by atoms with Crippen molar-refractivity contribution in [2.24, 2.45) is 0 Å². The summed E-state index contributed by atoms with van der Waals surface area (Å²) in [6.45, 7) is 3.58. The Morgan fingerprint density at radius 1 is 1.00 bits per heavy atom. The molecule has 8 nitrogen and oxygen atoms in total. The average molecular weight is 424 g/mol. The molecular formula is C23H24N2O6. The zero-order valence-corrected chi connectivity index (χ0v) is 17.6. The Kier molecular flexibility index (Phi) is 6.59. The molecule has 0 fully saturated rings. The largest absolute Gasteiger partial charge is 0.497 e. The molecule has 0 aliphatic carbocycles. The number of methoxy groups -OCH3 is 1. The molecule has 0 aliphatic rings. The molecule has 2 aromatic carbocycles. The van der Waals surface area contributed by atoms with Gasteiger partial charge in [-0.25, -0.2) is 9.59 Å². The number of carbonyl (C=O) groups is 2. The van der Waals surface area contributed by atoms with Crippen LogP contribution in [0.4, 0.5) is 0 Å². The molecule has 162 valence electrons. The van der Waals surface area contributed by atoms with E-state index in [1.165, 1.54) is 38.1 Å². The van der Waals surface area contributed by atoms with Gasteiger partial charge in [-0.15, -0.1) is 0 Å². The number of aliphatic carboxylic acids is 1. The third-order valence-corrected chi connectivity index (χ3v) is 4.54. The molecule has 0 saturated heterocycles. The molecule has 0 unspecified atom stereocenters. The fourth-order valence-corrected chi connectivity index (χ4v) is 2.71. The number of aromatic nitrogens is 2. The van der Waals surface area contributed by atoms with Gasteiger partial charge >= 0.3 is 11.9 Å². The van der Waals surface area contributed by atoms with E-state index < -0.39 is 17.5 Å². The zero-order chi connectivity index (χ0) is 22.4. The van der Waals surface area contributed by atoms with Gasteiger partial charge in [0.1, 0.15) is 18.1 Å². The van der Waals surface area contributed by atoms with E-state index in [0.29, 0.717) is 17.9 Å². The van der Waals surface area contributed by atoms with Crippen LogP contribution in [-0.4, -0.2) is 39.5 Å². The van der Waals surface area contributed by atoms with Crippen LogP contribution < -0.4 is 9.47 Å². The second-order valence-electron chi connectivity index (χ2n) is 7.41. The minimum atomic E-state index is -1.37. The van der Waals surface area contributed by atoms with Crippen molar-refractivity contribution in [3.63, 3.8) is 0 Å². The van der Waals surface area contributed by atoms with Crippen LogP contribution in [0.25, 0.3) is 0 Å². The maximum Gasteiger partial charge on any atom is 0.347 e. The van der Waals surface area contributed by atoms with E-state index in [1.54, 1.807) is 18.0 Å². The average Bonchev–Trinajstić information content (AvgIpc) is 3.20. The third-order valence-electron chi connectivity index (χ3n) is 4.54. The maximum atomic E-state index is 12.3. The summed E-state index contributed by atoms with van der Waals surface area (Å²) in [5.74, 6) is -0.429. The molecule has 1 N–H and O–H groups in total. The van der Waals surface area contributed by atoms with Gasteiger partial charge in [0.15, 0.2) is 5.60 Å². The number of esters is 1. The maximum absolute atomic E-state index is 12.3. The topological polar surface area (TPSA) is 99.9 Å². The lowest BCUT2D eigenvalue weighted by atomic mass is 10.1. The van der Waals surface area contributed by atoms with E-state index in [9.17, 15) is 9.59 Å². The van der Waals surface area contributed by atoms with Gasteiger partial charge in [-0.1, -0.05) is 12.1 Å². The van der Waals surface area contributed by atoms with E-state index in [2.05, 4.69) is 5.10 Å². The van der Waals surface area contributed by atoms with Gasteiger partial charge < -0.3 is 19.3 Å². The van der Waals surface area contributed by atoms with E-state index >= 15 is 0 Å². The predicted molar refractivity (Wildman–Crippen MR) is 112 cm³/mol. The van der Waals surface area contributed by atoms with Gasteiger partial charge in [-0.2, -0.15) is 5.10 Å². The lowest BCUT2D eigenvalue weighted by molar-refractivity contribution is -0.152. The Hall–Kier alpha value is -3.81. The second kappa shape index (κ2) is 9.34. The van der Waals surface area contributed by atoms with Crippen molar-refractivity contribution in [2.45, 2.75) is 32.6 Å². The van der Waals surface area contributed by atoms with Crippen LogP contribution in [-0.2, 0) is 22.7 Å². The summed E-state index contributed by atoms with van der Waals surface area (Å²) >= 11 is 0. The molecule has 1 aromatic heterocycles. The molecule has 0 radical (unpaired) electrons. The molecule has 0 spiro atoms. The molecule has 3 aromatic rings. The quantitative estimate of drug-likeness (QED) is 0.525. The van der Waals surface area contributed by atoms with E-state index in [0.717, 1.165) is 16.9 Å². The summed E-state index contributed by atoms with van der Waals surface area (Å²) in [6, 6.07) is 13.8. The smallest absolute Gasteiger partial charge is 0.347 e. The van der Waals surface area contributed by atoms with Crippen LogP contribution >= 0.6 is 0 Å². The van der Waals surface area contributed by atoms with Crippen molar-refractivity contribution in [3.05, 3.63) is 77.6 Å². The van der Waals surface area contributed by atoms with Crippen LogP contribution in [0.5, 0.6) is 11.5 Å². The Morgan fingerprint density at radius 2 is 1.65 bits per heavy atom. The molecule has 3 rings (SSSR count). The number of ether oxygens (including phenoxy) is 3. The number of rotatable bonds is 9. The van der Waals surface area contributed by atoms with Crippen LogP contribution in [0, 0.1) is 0 Å². The first-order valence-electron chi connectivity index (χ1n) is 9.61. The summed E-state index contributed by atoms with van der Waals surface area (Å²) in [5, 5.41) is 13.4. The number of benzene rings is 2.